The van der Waals surface area contributed by atoms with E-state index in [9.17, 15) is 0 Å². The topological polar surface area (TPSA) is 32.3 Å². The fourth-order valence-corrected chi connectivity index (χ4v) is 2.30. The van der Waals surface area contributed by atoms with Crippen molar-refractivity contribution in [3.63, 3.8) is 0 Å². The van der Waals surface area contributed by atoms with Gasteiger partial charge in [-0.15, -0.1) is 0 Å². The summed E-state index contributed by atoms with van der Waals surface area (Å²) in [6.07, 6.45) is 4.08. The van der Waals surface area contributed by atoms with E-state index in [1.165, 1.54) is 5.56 Å². The molecule has 0 saturated carbocycles. The first-order valence-electron chi connectivity index (χ1n) is 6.83. The van der Waals surface area contributed by atoms with E-state index in [2.05, 4.69) is 31.3 Å². The van der Waals surface area contributed by atoms with Crippen LogP contribution in [0.2, 0.25) is 5.02 Å². The van der Waals surface area contributed by atoms with E-state index in [-0.39, 0.29) is 6.61 Å². The molecule has 0 fully saturated rings. The Kier molecular flexibility index (Phi) is 7.33. The summed E-state index contributed by atoms with van der Waals surface area (Å²) >= 11 is 5.92. The van der Waals surface area contributed by atoms with Gasteiger partial charge >= 0.3 is 0 Å². The Hall–Kier alpha value is -0.570. The van der Waals surface area contributed by atoms with E-state index < -0.39 is 0 Å². The molecule has 1 aromatic carbocycles. The molecule has 102 valence electrons. The third-order valence-electron chi connectivity index (χ3n) is 3.26. The molecule has 0 aliphatic carbocycles. The van der Waals surface area contributed by atoms with Crippen molar-refractivity contribution in [3.05, 3.63) is 34.9 Å². The normalized spacial score (nSPS) is 14.4. The maximum absolute atomic E-state index is 9.06. The van der Waals surface area contributed by atoms with Crippen molar-refractivity contribution in [1.82, 2.24) is 5.32 Å². The Balaban J connectivity index is 2.71. The predicted octanol–water partition coefficient (Wildman–Crippen LogP) is 3.93. The van der Waals surface area contributed by atoms with Crippen LogP contribution >= 0.6 is 11.6 Å². The third-order valence-corrected chi connectivity index (χ3v) is 3.51. The average molecular weight is 270 g/mol. The van der Waals surface area contributed by atoms with Gasteiger partial charge in [0.25, 0.3) is 0 Å². The van der Waals surface area contributed by atoms with Gasteiger partial charge in [-0.1, -0.05) is 44.0 Å². The number of halogens is 1. The van der Waals surface area contributed by atoms with Crippen LogP contribution in [-0.2, 0) is 0 Å². The highest BCUT2D eigenvalue weighted by atomic mass is 35.5. The summed E-state index contributed by atoms with van der Waals surface area (Å²) in [6, 6.07) is 8.77. The number of rotatable bonds is 8. The minimum Gasteiger partial charge on any atom is -0.396 e. The number of hydrogen-bond donors (Lipinski definition) is 2. The molecule has 0 radical (unpaired) electrons. The third kappa shape index (κ3) is 4.97. The number of hydrogen-bond acceptors (Lipinski definition) is 2. The van der Waals surface area contributed by atoms with Crippen LogP contribution in [0, 0.1) is 0 Å². The second-order valence-electron chi connectivity index (χ2n) is 4.68. The molecule has 0 aliphatic rings. The molecule has 3 heteroatoms. The molecule has 0 saturated heterocycles. The number of nitrogens with one attached hydrogen (secondary N) is 1. The zero-order valence-corrected chi connectivity index (χ0v) is 12.1. The fraction of sp³-hybridized carbons (Fsp3) is 0.600. The average Bonchev–Trinajstić information content (AvgIpc) is 2.38. The quantitative estimate of drug-likeness (QED) is 0.749. The Morgan fingerprint density at radius 1 is 1.17 bits per heavy atom. The zero-order chi connectivity index (χ0) is 13.4. The molecular formula is C15H24ClNO. The van der Waals surface area contributed by atoms with Gasteiger partial charge in [-0.25, -0.2) is 0 Å². The summed E-state index contributed by atoms with van der Waals surface area (Å²) < 4.78 is 0. The Morgan fingerprint density at radius 2 is 1.83 bits per heavy atom. The van der Waals surface area contributed by atoms with Gasteiger partial charge in [-0.05, 0) is 37.0 Å². The van der Waals surface area contributed by atoms with E-state index in [1.54, 1.807) is 0 Å². The molecule has 0 heterocycles. The molecule has 0 bridgehead atoms. The van der Waals surface area contributed by atoms with Crippen LogP contribution in [0.4, 0.5) is 0 Å². The maximum atomic E-state index is 9.06. The van der Waals surface area contributed by atoms with Crippen LogP contribution in [0.15, 0.2) is 24.3 Å². The van der Waals surface area contributed by atoms with E-state index in [0.29, 0.717) is 12.1 Å². The first-order chi connectivity index (χ1) is 8.71. The molecule has 0 aliphatic heterocycles. The van der Waals surface area contributed by atoms with Gasteiger partial charge in [-0.2, -0.15) is 0 Å². The number of benzene rings is 1. The zero-order valence-electron chi connectivity index (χ0n) is 11.3. The molecule has 2 N–H and O–H groups in total. The molecule has 1 rings (SSSR count). The van der Waals surface area contributed by atoms with Gasteiger partial charge in [-0.3, -0.25) is 0 Å². The van der Waals surface area contributed by atoms with Crippen molar-refractivity contribution in [1.29, 1.82) is 0 Å². The van der Waals surface area contributed by atoms with Crippen LogP contribution in [0.1, 0.15) is 51.1 Å². The van der Waals surface area contributed by atoms with Crippen molar-refractivity contribution in [2.45, 2.75) is 51.6 Å². The lowest BCUT2D eigenvalue weighted by atomic mass is 10.00. The summed E-state index contributed by atoms with van der Waals surface area (Å²) in [4.78, 5) is 0. The van der Waals surface area contributed by atoms with Crippen molar-refractivity contribution >= 4 is 11.6 Å². The highest BCUT2D eigenvalue weighted by Crippen LogP contribution is 2.22. The summed E-state index contributed by atoms with van der Waals surface area (Å²) in [6.45, 7) is 4.58. The summed E-state index contributed by atoms with van der Waals surface area (Å²) in [5.74, 6) is 0. The molecule has 18 heavy (non-hydrogen) atoms. The first-order valence-corrected chi connectivity index (χ1v) is 7.21. The van der Waals surface area contributed by atoms with Crippen LogP contribution < -0.4 is 5.32 Å². The molecule has 2 unspecified atom stereocenters. The fourth-order valence-electron chi connectivity index (χ4n) is 2.18. The minimum atomic E-state index is 0.241. The Labute approximate surface area is 115 Å². The molecule has 0 spiro atoms. The second-order valence-corrected chi connectivity index (χ2v) is 5.11. The van der Waals surface area contributed by atoms with Crippen molar-refractivity contribution in [2.24, 2.45) is 0 Å². The summed E-state index contributed by atoms with van der Waals surface area (Å²) in [7, 11) is 0. The van der Waals surface area contributed by atoms with Crippen LogP contribution in [0.3, 0.4) is 0 Å². The van der Waals surface area contributed by atoms with Gasteiger partial charge in [0.15, 0.2) is 0 Å². The molecule has 0 amide bonds. The lowest BCUT2D eigenvalue weighted by Gasteiger charge is -2.25. The first kappa shape index (κ1) is 15.5. The molecular weight excluding hydrogens is 246 g/mol. The van der Waals surface area contributed by atoms with E-state index in [0.717, 1.165) is 30.7 Å². The highest BCUT2D eigenvalue weighted by Gasteiger charge is 2.14. The lowest BCUT2D eigenvalue weighted by molar-refractivity contribution is 0.253. The monoisotopic (exact) mass is 269 g/mol. The number of aliphatic hydroxyl groups is 1. The molecule has 0 aromatic heterocycles. The molecule has 1 aromatic rings. The smallest absolute Gasteiger partial charge is 0.0445 e. The lowest BCUT2D eigenvalue weighted by Crippen LogP contribution is -2.33. The highest BCUT2D eigenvalue weighted by molar-refractivity contribution is 6.30. The second kappa shape index (κ2) is 8.52. The van der Waals surface area contributed by atoms with Gasteiger partial charge in [0.1, 0.15) is 0 Å². The summed E-state index contributed by atoms with van der Waals surface area (Å²) in [5, 5.41) is 13.5. The largest absolute Gasteiger partial charge is 0.396 e. The molecule has 2 atom stereocenters. The standard InChI is InChI=1S/C15H24ClNO/c1-3-5-15(17-14(4-2)10-11-18)12-6-8-13(16)9-7-12/h6-9,14-15,17-18H,3-5,10-11H2,1-2H3. The SMILES string of the molecule is CCCC(NC(CC)CCO)c1ccc(Cl)cc1. The van der Waals surface area contributed by atoms with Crippen molar-refractivity contribution in [3.8, 4) is 0 Å². The van der Waals surface area contributed by atoms with E-state index >= 15 is 0 Å². The van der Waals surface area contributed by atoms with Crippen LogP contribution in [0.25, 0.3) is 0 Å². The van der Waals surface area contributed by atoms with Crippen LogP contribution in [-0.4, -0.2) is 17.8 Å². The van der Waals surface area contributed by atoms with Crippen LogP contribution in [0.5, 0.6) is 0 Å². The van der Waals surface area contributed by atoms with Gasteiger partial charge in [0.05, 0.1) is 0 Å². The van der Waals surface area contributed by atoms with Crippen molar-refractivity contribution < 1.29 is 5.11 Å². The Morgan fingerprint density at radius 3 is 2.33 bits per heavy atom. The van der Waals surface area contributed by atoms with Gasteiger partial charge in [0, 0.05) is 23.7 Å². The predicted molar refractivity (Wildman–Crippen MR) is 78.0 cm³/mol. The van der Waals surface area contributed by atoms with E-state index in [4.69, 9.17) is 16.7 Å². The minimum absolute atomic E-state index is 0.241. The van der Waals surface area contributed by atoms with Crippen molar-refractivity contribution in [2.75, 3.05) is 6.61 Å². The summed E-state index contributed by atoms with van der Waals surface area (Å²) in [5.41, 5.74) is 1.28. The van der Waals surface area contributed by atoms with Gasteiger partial charge in [0.2, 0.25) is 0 Å². The van der Waals surface area contributed by atoms with Gasteiger partial charge < -0.3 is 10.4 Å². The number of aliphatic hydroxyl groups excluding tert-OH is 1. The maximum Gasteiger partial charge on any atom is 0.0445 e. The van der Waals surface area contributed by atoms with E-state index in [1.807, 2.05) is 12.1 Å². The molecule has 2 nitrogen and oxygen atoms in total. The Bertz CT molecular complexity index is 326.